The molecule has 2 unspecified atom stereocenters. The van der Waals surface area contributed by atoms with Gasteiger partial charge in [-0.05, 0) is 45.2 Å². The summed E-state index contributed by atoms with van der Waals surface area (Å²) in [7, 11) is 0. The van der Waals surface area contributed by atoms with E-state index in [1.165, 1.54) is 0 Å². The van der Waals surface area contributed by atoms with Gasteiger partial charge in [0.15, 0.2) is 0 Å². The topological polar surface area (TPSA) is 41.1 Å². The molecule has 2 fully saturated rings. The highest BCUT2D eigenvalue weighted by molar-refractivity contribution is 5.85. The van der Waals surface area contributed by atoms with Crippen LogP contribution in [0.4, 0.5) is 13.2 Å². The minimum absolute atomic E-state index is 0. The van der Waals surface area contributed by atoms with Gasteiger partial charge in [0.1, 0.15) is 0 Å². The van der Waals surface area contributed by atoms with Crippen LogP contribution in [0.15, 0.2) is 0 Å². The number of piperidine rings is 1. The second-order valence-corrected chi connectivity index (χ2v) is 5.63. The zero-order valence-corrected chi connectivity index (χ0v) is 12.2. The zero-order chi connectivity index (χ0) is 13.9. The van der Waals surface area contributed by atoms with Gasteiger partial charge in [-0.1, -0.05) is 6.42 Å². The fraction of sp³-hybridized carbons (Fsp3) is 0.923. The maximum atomic E-state index is 12.7. The van der Waals surface area contributed by atoms with Crippen molar-refractivity contribution >= 4 is 18.3 Å². The predicted octanol–water partition coefficient (Wildman–Crippen LogP) is 2.65. The summed E-state index contributed by atoms with van der Waals surface area (Å²) in [4.78, 5) is 12.0. The summed E-state index contributed by atoms with van der Waals surface area (Å²) < 4.78 is 38.1. The molecule has 0 aromatic rings. The number of carbonyl (C=O) groups is 1. The highest BCUT2D eigenvalue weighted by Crippen LogP contribution is 2.39. The number of hydrogen-bond acceptors (Lipinski definition) is 2. The molecule has 20 heavy (non-hydrogen) atoms. The van der Waals surface area contributed by atoms with E-state index in [0.29, 0.717) is 12.8 Å². The van der Waals surface area contributed by atoms with Gasteiger partial charge in [-0.25, -0.2) is 0 Å². The lowest BCUT2D eigenvalue weighted by atomic mass is 9.80. The Labute approximate surface area is 123 Å². The molecule has 2 aliphatic rings. The summed E-state index contributed by atoms with van der Waals surface area (Å²) in [5.74, 6) is -1.94. The summed E-state index contributed by atoms with van der Waals surface area (Å²) in [5, 5.41) is 6.11. The molecule has 0 radical (unpaired) electrons. The van der Waals surface area contributed by atoms with Gasteiger partial charge in [-0.15, -0.1) is 12.4 Å². The molecule has 1 aliphatic heterocycles. The van der Waals surface area contributed by atoms with Crippen molar-refractivity contribution in [1.29, 1.82) is 0 Å². The highest BCUT2D eigenvalue weighted by Gasteiger charge is 2.43. The van der Waals surface area contributed by atoms with E-state index < -0.39 is 18.0 Å². The van der Waals surface area contributed by atoms with Gasteiger partial charge in [0.05, 0.1) is 5.92 Å². The number of alkyl halides is 3. The van der Waals surface area contributed by atoms with Crippen molar-refractivity contribution in [1.82, 2.24) is 10.6 Å². The van der Waals surface area contributed by atoms with Crippen molar-refractivity contribution in [3.05, 3.63) is 0 Å². The molecule has 7 heteroatoms. The number of halogens is 4. The first-order valence-corrected chi connectivity index (χ1v) is 7.04. The van der Waals surface area contributed by atoms with Crippen LogP contribution in [0.25, 0.3) is 0 Å². The maximum absolute atomic E-state index is 12.7. The average Bonchev–Trinajstić information content (AvgIpc) is 2.39. The molecule has 0 aromatic carbocycles. The lowest BCUT2D eigenvalue weighted by Crippen LogP contribution is -2.46. The Bertz CT molecular complexity index is 319. The van der Waals surface area contributed by atoms with E-state index in [1.54, 1.807) is 0 Å². The first kappa shape index (κ1) is 17.6. The van der Waals surface area contributed by atoms with E-state index in [-0.39, 0.29) is 37.2 Å². The molecule has 2 rings (SSSR count). The van der Waals surface area contributed by atoms with Crippen LogP contribution in [-0.2, 0) is 4.79 Å². The summed E-state index contributed by atoms with van der Waals surface area (Å²) in [6, 6.07) is 0.125. The number of carbonyl (C=O) groups excluding carboxylic acids is 1. The highest BCUT2D eigenvalue weighted by atomic mass is 35.5. The third-order valence-corrected chi connectivity index (χ3v) is 4.19. The molecule has 1 saturated carbocycles. The van der Waals surface area contributed by atoms with Crippen molar-refractivity contribution in [3.63, 3.8) is 0 Å². The Morgan fingerprint density at radius 1 is 1.10 bits per heavy atom. The molecule has 0 spiro atoms. The Morgan fingerprint density at radius 3 is 2.35 bits per heavy atom. The monoisotopic (exact) mass is 314 g/mol. The molecule has 3 nitrogen and oxygen atoms in total. The first-order chi connectivity index (χ1) is 8.97. The van der Waals surface area contributed by atoms with Crippen LogP contribution in [0, 0.1) is 11.8 Å². The number of rotatable bonds is 2. The quantitative estimate of drug-likeness (QED) is 0.822. The molecular formula is C13H22ClF3N2O. The number of amides is 1. The summed E-state index contributed by atoms with van der Waals surface area (Å²) in [6.45, 7) is 1.72. The fourth-order valence-corrected chi connectivity index (χ4v) is 3.01. The fourth-order valence-electron chi connectivity index (χ4n) is 3.01. The summed E-state index contributed by atoms with van der Waals surface area (Å²) in [5.41, 5.74) is 0. The Balaban J connectivity index is 0.00000200. The SMILES string of the molecule is Cl.O=C(NC1CCNCC1)C1CCCC(C(F)(F)F)C1. The van der Waals surface area contributed by atoms with Crippen LogP contribution in [0.1, 0.15) is 38.5 Å². The second kappa shape index (κ2) is 7.50. The normalized spacial score (nSPS) is 28.6. The van der Waals surface area contributed by atoms with E-state index in [2.05, 4.69) is 10.6 Å². The van der Waals surface area contributed by atoms with Gasteiger partial charge in [0.25, 0.3) is 0 Å². The van der Waals surface area contributed by atoms with Crippen LogP contribution < -0.4 is 10.6 Å². The van der Waals surface area contributed by atoms with Crippen molar-refractivity contribution in [2.45, 2.75) is 50.7 Å². The summed E-state index contributed by atoms with van der Waals surface area (Å²) >= 11 is 0. The molecule has 1 aliphatic carbocycles. The molecular weight excluding hydrogens is 293 g/mol. The molecule has 0 aromatic heterocycles. The zero-order valence-electron chi connectivity index (χ0n) is 11.3. The Hall–Kier alpha value is -0.490. The van der Waals surface area contributed by atoms with Crippen molar-refractivity contribution < 1.29 is 18.0 Å². The predicted molar refractivity (Wildman–Crippen MR) is 72.8 cm³/mol. The largest absolute Gasteiger partial charge is 0.391 e. The Kier molecular flexibility index (Phi) is 6.58. The lowest BCUT2D eigenvalue weighted by molar-refractivity contribution is -0.186. The van der Waals surface area contributed by atoms with E-state index in [1.807, 2.05) is 0 Å². The Morgan fingerprint density at radius 2 is 1.75 bits per heavy atom. The van der Waals surface area contributed by atoms with Crippen molar-refractivity contribution in [2.75, 3.05) is 13.1 Å². The van der Waals surface area contributed by atoms with Gasteiger partial charge in [-0.2, -0.15) is 13.2 Å². The van der Waals surface area contributed by atoms with Crippen LogP contribution in [0.5, 0.6) is 0 Å². The van der Waals surface area contributed by atoms with E-state index in [4.69, 9.17) is 0 Å². The van der Waals surface area contributed by atoms with Gasteiger partial charge < -0.3 is 10.6 Å². The third-order valence-electron chi connectivity index (χ3n) is 4.19. The average molecular weight is 315 g/mol. The maximum Gasteiger partial charge on any atom is 0.391 e. The van der Waals surface area contributed by atoms with Gasteiger partial charge >= 0.3 is 6.18 Å². The van der Waals surface area contributed by atoms with Gasteiger partial charge in [0, 0.05) is 12.0 Å². The van der Waals surface area contributed by atoms with Crippen LogP contribution in [-0.4, -0.2) is 31.2 Å². The minimum atomic E-state index is -4.16. The minimum Gasteiger partial charge on any atom is -0.353 e. The van der Waals surface area contributed by atoms with Crippen LogP contribution in [0.3, 0.4) is 0 Å². The molecule has 2 N–H and O–H groups in total. The van der Waals surface area contributed by atoms with Gasteiger partial charge in [0.2, 0.25) is 5.91 Å². The standard InChI is InChI=1S/C13H21F3N2O.ClH/c14-13(15,16)10-3-1-2-9(8-10)12(19)18-11-4-6-17-7-5-11;/h9-11,17H,1-8H2,(H,18,19);1H. The first-order valence-electron chi connectivity index (χ1n) is 7.04. The summed E-state index contributed by atoms with van der Waals surface area (Å²) in [6.07, 6.45) is -1.23. The van der Waals surface area contributed by atoms with Crippen LogP contribution in [0.2, 0.25) is 0 Å². The molecule has 1 saturated heterocycles. The van der Waals surface area contributed by atoms with E-state index in [0.717, 1.165) is 25.9 Å². The molecule has 118 valence electrons. The van der Waals surface area contributed by atoms with Gasteiger partial charge in [-0.3, -0.25) is 4.79 Å². The van der Waals surface area contributed by atoms with E-state index >= 15 is 0 Å². The van der Waals surface area contributed by atoms with Crippen molar-refractivity contribution in [2.24, 2.45) is 11.8 Å². The number of nitrogens with one attached hydrogen (secondary N) is 2. The van der Waals surface area contributed by atoms with E-state index in [9.17, 15) is 18.0 Å². The smallest absolute Gasteiger partial charge is 0.353 e. The number of hydrogen-bond donors (Lipinski definition) is 2. The van der Waals surface area contributed by atoms with Crippen LogP contribution >= 0.6 is 12.4 Å². The molecule has 1 amide bonds. The third kappa shape index (κ3) is 4.81. The molecule has 0 bridgehead atoms. The van der Waals surface area contributed by atoms with Crippen molar-refractivity contribution in [3.8, 4) is 0 Å². The molecule has 2 atom stereocenters. The molecule has 1 heterocycles. The second-order valence-electron chi connectivity index (χ2n) is 5.63. The lowest BCUT2D eigenvalue weighted by Gasteiger charge is -2.31.